The third-order valence-corrected chi connectivity index (χ3v) is 3.28. The predicted molar refractivity (Wildman–Crippen MR) is 72.8 cm³/mol. The number of halogens is 1. The fourth-order valence-corrected chi connectivity index (χ4v) is 2.21. The maximum Gasteiger partial charge on any atom is 0.148 e. The number of anilines is 1. The molecule has 0 amide bonds. The third-order valence-electron chi connectivity index (χ3n) is 2.84. The van der Waals surface area contributed by atoms with Crippen LogP contribution in [0.4, 0.5) is 5.82 Å². The summed E-state index contributed by atoms with van der Waals surface area (Å²) in [6.45, 7) is 5.58. The van der Waals surface area contributed by atoms with Crippen molar-refractivity contribution in [3.63, 3.8) is 0 Å². The minimum Gasteiger partial charge on any atom is -0.363 e. The van der Waals surface area contributed by atoms with Gasteiger partial charge in [-0.3, -0.25) is 9.36 Å². The van der Waals surface area contributed by atoms with Crippen molar-refractivity contribution < 1.29 is 0 Å². The van der Waals surface area contributed by atoms with Crippen molar-refractivity contribution in [1.82, 2.24) is 19.6 Å². The summed E-state index contributed by atoms with van der Waals surface area (Å²) in [7, 11) is 1.89. The standard InChI is InChI=1S/C12H18ClN5/c1-4-9-12(13)10(18(5-2)15-9)8-14-11-6-7-17(3)16-11/h6-7H,4-5,8H2,1-3H3,(H,14,16). The first-order valence-electron chi connectivity index (χ1n) is 6.13. The lowest BCUT2D eigenvalue weighted by Crippen LogP contribution is -2.08. The van der Waals surface area contributed by atoms with E-state index in [1.54, 1.807) is 4.68 Å². The molecule has 0 radical (unpaired) electrons. The summed E-state index contributed by atoms with van der Waals surface area (Å²) >= 11 is 6.33. The zero-order chi connectivity index (χ0) is 13.1. The van der Waals surface area contributed by atoms with Crippen LogP contribution in [0.25, 0.3) is 0 Å². The second-order valence-electron chi connectivity index (χ2n) is 4.10. The number of hydrogen-bond donors (Lipinski definition) is 1. The zero-order valence-electron chi connectivity index (χ0n) is 10.9. The van der Waals surface area contributed by atoms with Gasteiger partial charge in [-0.1, -0.05) is 18.5 Å². The Hall–Kier alpha value is -1.49. The molecular formula is C12H18ClN5. The molecular weight excluding hydrogens is 250 g/mol. The molecule has 2 rings (SSSR count). The minimum absolute atomic E-state index is 0.636. The van der Waals surface area contributed by atoms with Crippen LogP contribution in [0.3, 0.4) is 0 Å². The fraction of sp³-hybridized carbons (Fsp3) is 0.500. The number of aryl methyl sites for hydroxylation is 3. The Bertz CT molecular complexity index is 529. The summed E-state index contributed by atoms with van der Waals surface area (Å²) in [5.41, 5.74) is 1.97. The molecule has 5 nitrogen and oxygen atoms in total. The molecule has 0 atom stereocenters. The van der Waals surface area contributed by atoms with Gasteiger partial charge in [0.1, 0.15) is 5.82 Å². The van der Waals surface area contributed by atoms with E-state index in [-0.39, 0.29) is 0 Å². The highest BCUT2D eigenvalue weighted by Gasteiger charge is 2.14. The molecule has 0 aliphatic carbocycles. The third kappa shape index (κ3) is 2.51. The Kier molecular flexibility index (Phi) is 3.91. The number of aromatic nitrogens is 4. The Morgan fingerprint density at radius 3 is 2.67 bits per heavy atom. The quantitative estimate of drug-likeness (QED) is 0.905. The van der Waals surface area contributed by atoms with Crippen molar-refractivity contribution in [3.05, 3.63) is 28.7 Å². The Morgan fingerprint density at radius 2 is 2.11 bits per heavy atom. The Balaban J connectivity index is 2.15. The zero-order valence-corrected chi connectivity index (χ0v) is 11.7. The average molecular weight is 268 g/mol. The van der Waals surface area contributed by atoms with Gasteiger partial charge < -0.3 is 5.32 Å². The molecule has 18 heavy (non-hydrogen) atoms. The lowest BCUT2D eigenvalue weighted by molar-refractivity contribution is 0.619. The average Bonchev–Trinajstić information content (AvgIpc) is 2.91. The lowest BCUT2D eigenvalue weighted by Gasteiger charge is -2.06. The molecule has 6 heteroatoms. The van der Waals surface area contributed by atoms with Gasteiger partial charge in [0, 0.05) is 25.9 Å². The van der Waals surface area contributed by atoms with Crippen molar-refractivity contribution in [1.29, 1.82) is 0 Å². The maximum absolute atomic E-state index is 6.33. The second kappa shape index (κ2) is 5.44. The molecule has 98 valence electrons. The van der Waals surface area contributed by atoms with Crippen molar-refractivity contribution >= 4 is 17.4 Å². The van der Waals surface area contributed by atoms with Crippen molar-refractivity contribution in [2.24, 2.45) is 7.05 Å². The van der Waals surface area contributed by atoms with E-state index >= 15 is 0 Å². The van der Waals surface area contributed by atoms with Crippen molar-refractivity contribution in [2.75, 3.05) is 5.32 Å². The van der Waals surface area contributed by atoms with E-state index in [4.69, 9.17) is 11.6 Å². The number of nitrogens with zero attached hydrogens (tertiary/aromatic N) is 4. The number of nitrogens with one attached hydrogen (secondary N) is 1. The Morgan fingerprint density at radius 1 is 1.33 bits per heavy atom. The topological polar surface area (TPSA) is 47.7 Å². The molecule has 2 aromatic heterocycles. The van der Waals surface area contributed by atoms with Crippen LogP contribution in [0.2, 0.25) is 5.02 Å². The highest BCUT2D eigenvalue weighted by molar-refractivity contribution is 6.31. The van der Waals surface area contributed by atoms with Gasteiger partial charge in [-0.25, -0.2) is 0 Å². The van der Waals surface area contributed by atoms with Gasteiger partial charge in [0.05, 0.1) is 23.0 Å². The number of rotatable bonds is 5. The van der Waals surface area contributed by atoms with E-state index in [0.717, 1.165) is 35.2 Å². The number of hydrogen-bond acceptors (Lipinski definition) is 3. The van der Waals surface area contributed by atoms with Gasteiger partial charge >= 0.3 is 0 Å². The van der Waals surface area contributed by atoms with Crippen LogP contribution in [-0.2, 0) is 26.6 Å². The first kappa shape index (κ1) is 13.0. The van der Waals surface area contributed by atoms with Gasteiger partial charge in [0.25, 0.3) is 0 Å². The fourth-order valence-electron chi connectivity index (χ4n) is 1.87. The van der Waals surface area contributed by atoms with Gasteiger partial charge in [-0.05, 0) is 13.3 Å². The highest BCUT2D eigenvalue weighted by Crippen LogP contribution is 2.22. The first-order chi connectivity index (χ1) is 8.65. The molecule has 0 aliphatic heterocycles. The summed E-state index contributed by atoms with van der Waals surface area (Å²) in [5, 5.41) is 12.8. The van der Waals surface area contributed by atoms with Crippen LogP contribution < -0.4 is 5.32 Å². The van der Waals surface area contributed by atoms with Crippen LogP contribution in [-0.4, -0.2) is 19.6 Å². The SMILES string of the molecule is CCc1nn(CC)c(CNc2ccn(C)n2)c1Cl. The summed E-state index contributed by atoms with van der Waals surface area (Å²) < 4.78 is 3.70. The van der Waals surface area contributed by atoms with Crippen molar-refractivity contribution in [3.8, 4) is 0 Å². The van der Waals surface area contributed by atoms with Crippen LogP contribution in [0.1, 0.15) is 25.2 Å². The molecule has 0 fully saturated rings. The normalized spacial score (nSPS) is 10.9. The molecule has 0 saturated carbocycles. The summed E-state index contributed by atoms with van der Waals surface area (Å²) in [5.74, 6) is 0.843. The van der Waals surface area contributed by atoms with E-state index in [1.807, 2.05) is 24.0 Å². The smallest absolute Gasteiger partial charge is 0.148 e. The molecule has 0 bridgehead atoms. The first-order valence-corrected chi connectivity index (χ1v) is 6.51. The summed E-state index contributed by atoms with van der Waals surface area (Å²) in [6, 6.07) is 1.93. The van der Waals surface area contributed by atoms with Crippen LogP contribution >= 0.6 is 11.6 Å². The van der Waals surface area contributed by atoms with E-state index in [1.165, 1.54) is 0 Å². The highest BCUT2D eigenvalue weighted by atomic mass is 35.5. The van der Waals surface area contributed by atoms with Gasteiger partial charge in [0.15, 0.2) is 0 Å². The molecule has 0 spiro atoms. The van der Waals surface area contributed by atoms with Gasteiger partial charge in [-0.15, -0.1) is 0 Å². The van der Waals surface area contributed by atoms with E-state index in [9.17, 15) is 0 Å². The molecule has 2 heterocycles. The summed E-state index contributed by atoms with van der Waals surface area (Å²) in [6.07, 6.45) is 2.75. The van der Waals surface area contributed by atoms with E-state index < -0.39 is 0 Å². The second-order valence-corrected chi connectivity index (χ2v) is 4.48. The molecule has 2 aromatic rings. The molecule has 0 aromatic carbocycles. The predicted octanol–water partition coefficient (Wildman–Crippen LogP) is 2.46. The Labute approximate surface area is 112 Å². The minimum atomic E-state index is 0.636. The molecule has 1 N–H and O–H groups in total. The lowest BCUT2D eigenvalue weighted by atomic mass is 10.3. The van der Waals surface area contributed by atoms with E-state index in [0.29, 0.717) is 6.54 Å². The molecule has 0 aliphatic rings. The summed E-state index contributed by atoms with van der Waals surface area (Å²) in [4.78, 5) is 0. The van der Waals surface area contributed by atoms with Crippen LogP contribution in [0.15, 0.2) is 12.3 Å². The largest absolute Gasteiger partial charge is 0.363 e. The van der Waals surface area contributed by atoms with Gasteiger partial charge in [0.2, 0.25) is 0 Å². The van der Waals surface area contributed by atoms with Crippen LogP contribution in [0, 0.1) is 0 Å². The van der Waals surface area contributed by atoms with E-state index in [2.05, 4.69) is 29.4 Å². The van der Waals surface area contributed by atoms with Crippen molar-refractivity contribution in [2.45, 2.75) is 33.4 Å². The van der Waals surface area contributed by atoms with Crippen LogP contribution in [0.5, 0.6) is 0 Å². The molecule has 0 unspecified atom stereocenters. The van der Waals surface area contributed by atoms with Gasteiger partial charge in [-0.2, -0.15) is 10.2 Å². The monoisotopic (exact) mass is 267 g/mol. The maximum atomic E-state index is 6.33. The molecule has 0 saturated heterocycles.